The second-order valence-corrected chi connectivity index (χ2v) is 7.79. The molecule has 7 nitrogen and oxygen atoms in total. The quantitative estimate of drug-likeness (QED) is 0.772. The number of hydrogen-bond acceptors (Lipinski definition) is 6. The Morgan fingerprint density at radius 2 is 2.07 bits per heavy atom. The molecule has 3 atom stereocenters. The molecule has 0 aromatic carbocycles. The highest BCUT2D eigenvalue weighted by atomic mass is 16.5. The van der Waals surface area contributed by atoms with Crippen molar-refractivity contribution in [1.29, 1.82) is 0 Å². The number of hydrogen-bond donors (Lipinski definition) is 2. The smallest absolute Gasteiger partial charge is 0.252 e. The van der Waals surface area contributed by atoms with Gasteiger partial charge >= 0.3 is 0 Å². The van der Waals surface area contributed by atoms with Crippen molar-refractivity contribution in [2.75, 3.05) is 37.6 Å². The first kappa shape index (κ1) is 20.0. The average Bonchev–Trinajstić information content (AvgIpc) is 2.68. The topological polar surface area (TPSA) is 77.9 Å². The van der Waals surface area contributed by atoms with Crippen molar-refractivity contribution in [3.05, 3.63) is 24.4 Å². The Bertz CT molecular complexity index is 590. The fraction of sp³-hybridized carbons (Fsp3) is 0.700. The number of rotatable bonds is 6. The van der Waals surface area contributed by atoms with Crippen LogP contribution in [0.5, 0.6) is 0 Å². The van der Waals surface area contributed by atoms with E-state index in [1.807, 2.05) is 32.2 Å². The Hall–Kier alpha value is -1.70. The molecule has 3 rings (SSSR count). The lowest BCUT2D eigenvalue weighted by molar-refractivity contribution is -0.159. The minimum Gasteiger partial charge on any atom is -0.390 e. The van der Waals surface area contributed by atoms with Crippen LogP contribution in [-0.4, -0.2) is 78.0 Å². The predicted octanol–water partition coefficient (Wildman–Crippen LogP) is 1.03. The zero-order valence-electron chi connectivity index (χ0n) is 16.4. The number of piperazine rings is 1. The Labute approximate surface area is 161 Å². The third kappa shape index (κ3) is 5.64. The first-order valence-corrected chi connectivity index (χ1v) is 10.0. The minimum absolute atomic E-state index is 0.0325. The number of ether oxygens (including phenoxy) is 1. The van der Waals surface area contributed by atoms with Gasteiger partial charge in [0.05, 0.1) is 12.2 Å². The summed E-state index contributed by atoms with van der Waals surface area (Å²) >= 11 is 0. The third-order valence-electron chi connectivity index (χ3n) is 5.28. The second-order valence-electron chi connectivity index (χ2n) is 7.79. The van der Waals surface area contributed by atoms with E-state index in [1.54, 1.807) is 0 Å². The van der Waals surface area contributed by atoms with E-state index >= 15 is 0 Å². The summed E-state index contributed by atoms with van der Waals surface area (Å²) in [6.07, 6.45) is 2.73. The summed E-state index contributed by atoms with van der Waals surface area (Å²) in [7, 11) is 0. The van der Waals surface area contributed by atoms with E-state index in [4.69, 9.17) is 4.74 Å². The SMILES string of the molecule is CC(C)NC(=O)[C@H]1O[C@H](CCN2CCN(c3ccccn3)CC2)CC[C@@H]1O. The maximum atomic E-state index is 12.2. The number of nitrogens with zero attached hydrogens (tertiary/aromatic N) is 3. The Morgan fingerprint density at radius 3 is 2.74 bits per heavy atom. The second kappa shape index (κ2) is 9.48. The van der Waals surface area contributed by atoms with E-state index in [-0.39, 0.29) is 18.1 Å². The van der Waals surface area contributed by atoms with E-state index in [2.05, 4.69) is 26.2 Å². The summed E-state index contributed by atoms with van der Waals surface area (Å²) in [5.74, 6) is 0.840. The Morgan fingerprint density at radius 1 is 1.30 bits per heavy atom. The molecule has 0 radical (unpaired) electrons. The summed E-state index contributed by atoms with van der Waals surface area (Å²) in [5.41, 5.74) is 0. The van der Waals surface area contributed by atoms with Crippen molar-refractivity contribution in [1.82, 2.24) is 15.2 Å². The molecule has 3 heterocycles. The molecule has 2 aliphatic heterocycles. The molecule has 2 aliphatic rings. The van der Waals surface area contributed by atoms with Gasteiger partial charge in [0.25, 0.3) is 5.91 Å². The molecule has 0 spiro atoms. The predicted molar refractivity (Wildman–Crippen MR) is 105 cm³/mol. The molecule has 2 fully saturated rings. The van der Waals surface area contributed by atoms with Gasteiger partial charge in [-0.1, -0.05) is 6.07 Å². The lowest BCUT2D eigenvalue weighted by Gasteiger charge is -2.37. The zero-order valence-corrected chi connectivity index (χ0v) is 16.4. The lowest BCUT2D eigenvalue weighted by atomic mass is 9.98. The summed E-state index contributed by atoms with van der Waals surface area (Å²) in [6, 6.07) is 6.06. The van der Waals surface area contributed by atoms with Gasteiger partial charge in [0.2, 0.25) is 0 Å². The molecule has 0 saturated carbocycles. The van der Waals surface area contributed by atoms with Crippen LogP contribution in [0.1, 0.15) is 33.1 Å². The highest BCUT2D eigenvalue weighted by molar-refractivity contribution is 5.81. The van der Waals surface area contributed by atoms with E-state index in [0.717, 1.165) is 51.4 Å². The van der Waals surface area contributed by atoms with Crippen LogP contribution in [-0.2, 0) is 9.53 Å². The molecular weight excluding hydrogens is 344 g/mol. The monoisotopic (exact) mass is 376 g/mol. The fourth-order valence-electron chi connectivity index (χ4n) is 3.76. The molecule has 2 saturated heterocycles. The highest BCUT2D eigenvalue weighted by Crippen LogP contribution is 2.23. The summed E-state index contributed by atoms with van der Waals surface area (Å²) < 4.78 is 5.93. The van der Waals surface area contributed by atoms with Crippen LogP contribution in [0, 0.1) is 0 Å². The Balaban J connectivity index is 1.42. The Kier molecular flexibility index (Phi) is 7.04. The van der Waals surface area contributed by atoms with Crippen LogP contribution in [0.25, 0.3) is 0 Å². The average molecular weight is 377 g/mol. The number of nitrogens with one attached hydrogen (secondary N) is 1. The first-order chi connectivity index (χ1) is 13.0. The maximum absolute atomic E-state index is 12.2. The molecule has 0 aliphatic carbocycles. The van der Waals surface area contributed by atoms with Crippen LogP contribution >= 0.6 is 0 Å². The third-order valence-corrected chi connectivity index (χ3v) is 5.28. The summed E-state index contributed by atoms with van der Waals surface area (Å²) in [6.45, 7) is 8.73. The van der Waals surface area contributed by atoms with Gasteiger partial charge in [-0.2, -0.15) is 0 Å². The molecule has 2 N–H and O–H groups in total. The number of carbonyl (C=O) groups is 1. The molecule has 1 amide bonds. The van der Waals surface area contributed by atoms with Gasteiger partial charge in [0.1, 0.15) is 5.82 Å². The van der Waals surface area contributed by atoms with Crippen LogP contribution < -0.4 is 10.2 Å². The van der Waals surface area contributed by atoms with Crippen LogP contribution in [0.4, 0.5) is 5.82 Å². The van der Waals surface area contributed by atoms with Crippen molar-refractivity contribution >= 4 is 11.7 Å². The maximum Gasteiger partial charge on any atom is 0.252 e. The number of carbonyl (C=O) groups excluding carboxylic acids is 1. The number of aliphatic hydroxyl groups is 1. The van der Waals surface area contributed by atoms with Gasteiger partial charge < -0.3 is 20.1 Å². The fourth-order valence-corrected chi connectivity index (χ4v) is 3.76. The van der Waals surface area contributed by atoms with Crippen LogP contribution in [0.2, 0.25) is 0 Å². The minimum atomic E-state index is -0.743. The van der Waals surface area contributed by atoms with Crippen molar-refractivity contribution in [2.24, 2.45) is 0 Å². The number of aliphatic hydroxyl groups excluding tert-OH is 1. The largest absolute Gasteiger partial charge is 0.390 e. The van der Waals surface area contributed by atoms with Crippen molar-refractivity contribution in [3.8, 4) is 0 Å². The normalized spacial score (nSPS) is 27.0. The van der Waals surface area contributed by atoms with Gasteiger partial charge in [0.15, 0.2) is 6.10 Å². The van der Waals surface area contributed by atoms with Crippen LogP contribution in [0.3, 0.4) is 0 Å². The summed E-state index contributed by atoms with van der Waals surface area (Å²) in [5, 5.41) is 13.0. The molecule has 1 aromatic heterocycles. The van der Waals surface area contributed by atoms with Crippen molar-refractivity contribution in [2.45, 2.75) is 57.5 Å². The number of amides is 1. The van der Waals surface area contributed by atoms with Gasteiger partial charge in [-0.25, -0.2) is 4.98 Å². The van der Waals surface area contributed by atoms with Gasteiger partial charge in [-0.15, -0.1) is 0 Å². The van der Waals surface area contributed by atoms with E-state index in [9.17, 15) is 9.90 Å². The number of pyridine rings is 1. The molecule has 27 heavy (non-hydrogen) atoms. The lowest BCUT2D eigenvalue weighted by Crippen LogP contribution is -2.51. The van der Waals surface area contributed by atoms with Crippen molar-refractivity contribution < 1.29 is 14.6 Å². The first-order valence-electron chi connectivity index (χ1n) is 10.0. The molecule has 1 aromatic rings. The molecule has 0 unspecified atom stereocenters. The molecule has 7 heteroatoms. The van der Waals surface area contributed by atoms with Gasteiger partial charge in [-0.05, 0) is 45.2 Å². The van der Waals surface area contributed by atoms with Gasteiger partial charge in [-0.3, -0.25) is 9.69 Å². The van der Waals surface area contributed by atoms with Gasteiger partial charge in [0, 0.05) is 45.0 Å². The van der Waals surface area contributed by atoms with E-state index in [1.165, 1.54) is 0 Å². The van der Waals surface area contributed by atoms with E-state index in [0.29, 0.717) is 6.42 Å². The number of anilines is 1. The zero-order chi connectivity index (χ0) is 19.2. The van der Waals surface area contributed by atoms with Crippen LogP contribution in [0.15, 0.2) is 24.4 Å². The summed E-state index contributed by atoms with van der Waals surface area (Å²) in [4.78, 5) is 21.4. The van der Waals surface area contributed by atoms with E-state index < -0.39 is 12.2 Å². The molecular formula is C20H32N4O3. The molecule has 0 bridgehead atoms. The number of aromatic nitrogens is 1. The van der Waals surface area contributed by atoms with Crippen molar-refractivity contribution in [3.63, 3.8) is 0 Å². The standard InChI is InChI=1S/C20H32N4O3/c1-15(2)22-20(26)19-17(25)7-6-16(27-19)8-10-23-11-13-24(14-12-23)18-5-3-4-9-21-18/h3-5,9,15-17,19,25H,6-8,10-14H2,1-2H3,(H,22,26)/t16-,17-,19-/m0/s1. The molecule has 150 valence electrons. The highest BCUT2D eigenvalue weighted by Gasteiger charge is 2.35.